The van der Waals surface area contributed by atoms with E-state index >= 15 is 0 Å². The number of hydrogen-bond donors (Lipinski definition) is 0. The molecule has 0 saturated carbocycles. The van der Waals surface area contributed by atoms with E-state index in [-0.39, 0.29) is 0 Å². The predicted octanol–water partition coefficient (Wildman–Crippen LogP) is 4.81. The molecule has 0 N–H and O–H groups in total. The maximum atomic E-state index is 2.26. The van der Waals surface area contributed by atoms with E-state index in [0.717, 1.165) is 0 Å². The van der Waals surface area contributed by atoms with Gasteiger partial charge in [0.1, 0.15) is 0 Å². The number of aromatic nitrogens is 2. The highest BCUT2D eigenvalue weighted by atomic mass is 15.0. The van der Waals surface area contributed by atoms with Gasteiger partial charge in [0, 0.05) is 58.7 Å². The van der Waals surface area contributed by atoms with Gasteiger partial charge in [0.25, 0.3) is 0 Å². The molecule has 2 heteroatoms. The van der Waals surface area contributed by atoms with Gasteiger partial charge in [0.15, 0.2) is 12.4 Å². The van der Waals surface area contributed by atoms with E-state index in [1.165, 1.54) is 45.1 Å². The van der Waals surface area contributed by atoms with E-state index in [9.17, 15) is 0 Å². The molecule has 2 aromatic heterocycles. The molecule has 0 fully saturated rings. The lowest BCUT2D eigenvalue weighted by Gasteiger charge is -1.95. The number of allylic oxidation sites excluding steroid dienone is 10. The van der Waals surface area contributed by atoms with Crippen molar-refractivity contribution in [1.29, 1.82) is 0 Å². The van der Waals surface area contributed by atoms with Crippen molar-refractivity contribution in [3.05, 3.63) is 95.6 Å². The second-order valence-corrected chi connectivity index (χ2v) is 6.90. The van der Waals surface area contributed by atoms with E-state index in [2.05, 4.69) is 110 Å². The molecule has 0 amide bonds. The third-order valence-corrected chi connectivity index (χ3v) is 5.52. The summed E-state index contributed by atoms with van der Waals surface area (Å²) in [7, 11) is 0. The minimum Gasteiger partial charge on any atom is -0.160 e. The van der Waals surface area contributed by atoms with Crippen LogP contribution in [0.4, 0.5) is 0 Å². The fourth-order valence-electron chi connectivity index (χ4n) is 3.75. The SMILES string of the molecule is CC1=C(C)c2cccc[n+]2\C1=C/C=C/C=C1/C(C)=C(C)c2cccc[n+]21. The highest BCUT2D eigenvalue weighted by molar-refractivity contribution is 5.81. The number of rotatable bonds is 2. The standard InChI is InChI=1S/C24H24N2/c1-17-19(3)23-13-7-9-15-25(23)21(17)11-5-6-12-22-18(2)20(4)24-14-8-10-16-26(22)24/h5-16H,1-4H3/q+2/b6-5+,21-11-,22-12-. The minimum absolute atomic E-state index is 1.25. The Morgan fingerprint density at radius 2 is 1.00 bits per heavy atom. The van der Waals surface area contributed by atoms with Gasteiger partial charge < -0.3 is 0 Å². The van der Waals surface area contributed by atoms with Crippen LogP contribution in [-0.4, -0.2) is 0 Å². The van der Waals surface area contributed by atoms with Crippen molar-refractivity contribution in [1.82, 2.24) is 0 Å². The van der Waals surface area contributed by atoms with Gasteiger partial charge in [-0.2, -0.15) is 9.13 Å². The van der Waals surface area contributed by atoms with Gasteiger partial charge in [-0.05, 0) is 39.8 Å². The summed E-state index contributed by atoms with van der Waals surface area (Å²) >= 11 is 0. The molecule has 0 aromatic carbocycles. The molecule has 0 aliphatic carbocycles. The second kappa shape index (κ2) is 6.38. The Balaban J connectivity index is 1.67. The van der Waals surface area contributed by atoms with Crippen LogP contribution in [0.1, 0.15) is 39.1 Å². The van der Waals surface area contributed by atoms with Gasteiger partial charge in [0.05, 0.1) is 0 Å². The fraction of sp³-hybridized carbons (Fsp3) is 0.167. The average molecular weight is 340 g/mol. The second-order valence-electron chi connectivity index (χ2n) is 6.90. The van der Waals surface area contributed by atoms with Crippen LogP contribution in [0.2, 0.25) is 0 Å². The maximum absolute atomic E-state index is 2.26. The van der Waals surface area contributed by atoms with E-state index < -0.39 is 0 Å². The summed E-state index contributed by atoms with van der Waals surface area (Å²) in [5.74, 6) is 0. The lowest BCUT2D eigenvalue weighted by molar-refractivity contribution is -0.578. The summed E-state index contributed by atoms with van der Waals surface area (Å²) in [5.41, 5.74) is 10.4. The lowest BCUT2D eigenvalue weighted by Crippen LogP contribution is -2.32. The molecule has 26 heavy (non-hydrogen) atoms. The van der Waals surface area contributed by atoms with Crippen LogP contribution >= 0.6 is 0 Å². The van der Waals surface area contributed by atoms with Crippen molar-refractivity contribution in [2.45, 2.75) is 27.7 Å². The Morgan fingerprint density at radius 1 is 0.577 bits per heavy atom. The van der Waals surface area contributed by atoms with Crippen LogP contribution in [0.5, 0.6) is 0 Å². The molecule has 2 nitrogen and oxygen atoms in total. The number of fused-ring (bicyclic) bond motifs is 2. The van der Waals surface area contributed by atoms with Crippen molar-refractivity contribution in [3.63, 3.8) is 0 Å². The summed E-state index contributed by atoms with van der Waals surface area (Å²) < 4.78 is 4.52. The average Bonchev–Trinajstić information content (AvgIpc) is 3.06. The van der Waals surface area contributed by atoms with E-state index in [1.54, 1.807) is 0 Å². The molecule has 2 aromatic rings. The van der Waals surface area contributed by atoms with Crippen molar-refractivity contribution in [3.8, 4) is 0 Å². The van der Waals surface area contributed by atoms with Gasteiger partial charge in [-0.1, -0.05) is 12.2 Å². The quantitative estimate of drug-likeness (QED) is 0.693. The maximum Gasteiger partial charge on any atom is 0.214 e. The molecule has 0 bridgehead atoms. The fourth-order valence-corrected chi connectivity index (χ4v) is 3.75. The molecule has 0 radical (unpaired) electrons. The summed E-state index contributed by atoms with van der Waals surface area (Å²) in [4.78, 5) is 0. The normalized spacial score (nSPS) is 19.2. The zero-order valence-corrected chi connectivity index (χ0v) is 15.8. The predicted molar refractivity (Wildman–Crippen MR) is 107 cm³/mol. The van der Waals surface area contributed by atoms with Crippen LogP contribution in [0.3, 0.4) is 0 Å². The third kappa shape index (κ3) is 2.50. The Bertz CT molecular complexity index is 974. The molecule has 0 unspecified atom stereocenters. The van der Waals surface area contributed by atoms with E-state index in [4.69, 9.17) is 0 Å². The van der Waals surface area contributed by atoms with Crippen molar-refractivity contribution >= 4 is 22.5 Å². The molecular formula is C24H24N2+2. The molecule has 2 aliphatic rings. The molecule has 0 saturated heterocycles. The zero-order chi connectivity index (χ0) is 18.3. The van der Waals surface area contributed by atoms with Crippen molar-refractivity contribution < 1.29 is 9.13 Å². The Kier molecular flexibility index (Phi) is 4.04. The summed E-state index contributed by atoms with van der Waals surface area (Å²) in [6, 6.07) is 12.7. The van der Waals surface area contributed by atoms with Crippen molar-refractivity contribution in [2.75, 3.05) is 0 Å². The van der Waals surface area contributed by atoms with Crippen molar-refractivity contribution in [2.24, 2.45) is 0 Å². The first-order valence-corrected chi connectivity index (χ1v) is 9.07. The van der Waals surface area contributed by atoms with Crippen LogP contribution in [-0.2, 0) is 0 Å². The zero-order valence-electron chi connectivity index (χ0n) is 15.8. The Hall–Kier alpha value is -3.00. The topological polar surface area (TPSA) is 7.76 Å². The third-order valence-electron chi connectivity index (χ3n) is 5.52. The molecule has 128 valence electrons. The van der Waals surface area contributed by atoms with Gasteiger partial charge in [-0.25, -0.2) is 0 Å². The van der Waals surface area contributed by atoms with Gasteiger partial charge in [-0.3, -0.25) is 0 Å². The first-order chi connectivity index (χ1) is 12.6. The largest absolute Gasteiger partial charge is 0.214 e. The first-order valence-electron chi connectivity index (χ1n) is 9.07. The molecule has 4 heterocycles. The van der Waals surface area contributed by atoms with E-state index in [0.29, 0.717) is 0 Å². The smallest absolute Gasteiger partial charge is 0.160 e. The molecule has 0 spiro atoms. The monoisotopic (exact) mass is 340 g/mol. The molecule has 4 rings (SSSR count). The molecular weight excluding hydrogens is 316 g/mol. The number of pyridine rings is 2. The summed E-state index contributed by atoms with van der Waals surface area (Å²) in [5, 5.41) is 0. The van der Waals surface area contributed by atoms with Crippen LogP contribution < -0.4 is 9.13 Å². The first kappa shape index (κ1) is 16.5. The Labute approximate surface area is 155 Å². The molecule has 2 aliphatic heterocycles. The highest BCUT2D eigenvalue weighted by Gasteiger charge is 2.29. The van der Waals surface area contributed by atoms with Gasteiger partial charge in [0.2, 0.25) is 22.8 Å². The highest BCUT2D eigenvalue weighted by Crippen LogP contribution is 2.29. The summed E-state index contributed by atoms with van der Waals surface area (Å²) in [6.07, 6.45) is 12.9. The van der Waals surface area contributed by atoms with Crippen LogP contribution in [0.25, 0.3) is 22.5 Å². The number of hydrogen-bond acceptors (Lipinski definition) is 0. The Morgan fingerprint density at radius 3 is 1.42 bits per heavy atom. The summed E-state index contributed by atoms with van der Waals surface area (Å²) in [6.45, 7) is 8.77. The lowest BCUT2D eigenvalue weighted by atomic mass is 10.1. The van der Waals surface area contributed by atoms with Gasteiger partial charge in [-0.15, -0.1) is 0 Å². The van der Waals surface area contributed by atoms with Crippen LogP contribution in [0, 0.1) is 0 Å². The number of nitrogens with zero attached hydrogens (tertiary/aromatic N) is 2. The van der Waals surface area contributed by atoms with Crippen LogP contribution in [0.15, 0.2) is 84.2 Å². The van der Waals surface area contributed by atoms with Gasteiger partial charge >= 0.3 is 0 Å². The minimum atomic E-state index is 1.25. The van der Waals surface area contributed by atoms with E-state index in [1.807, 2.05) is 0 Å². The molecule has 0 atom stereocenters.